The molecule has 0 bridgehead atoms. The van der Waals surface area contributed by atoms with Crippen LogP contribution >= 0.6 is 0 Å². The number of carbonyl (C=O) groups excluding carboxylic acids is 1. The predicted octanol–water partition coefficient (Wildman–Crippen LogP) is 1.06. The van der Waals surface area contributed by atoms with Gasteiger partial charge in [-0.2, -0.15) is 0 Å². The molecule has 0 rings (SSSR count). The minimum atomic E-state index is 0.290. The Kier molecular flexibility index (Phi) is 4.78. The van der Waals surface area contributed by atoms with Gasteiger partial charge >= 0.3 is 0 Å². The molecule has 1 unspecified atom stereocenters. The van der Waals surface area contributed by atoms with Crippen LogP contribution in [0.25, 0.3) is 0 Å². The molecule has 1 N–H and O–H groups in total. The summed E-state index contributed by atoms with van der Waals surface area (Å²) in [6, 6.07) is 0. The summed E-state index contributed by atoms with van der Waals surface area (Å²) in [4.78, 5) is 9.87. The molecule has 0 spiro atoms. The Morgan fingerprint density at radius 1 is 1.67 bits per heavy atom. The highest BCUT2D eigenvalue weighted by atomic mass is 16.4. The normalized spacial score (nSPS) is 13.9. The topological polar surface area (TPSA) is 49.7 Å². The summed E-state index contributed by atoms with van der Waals surface area (Å²) >= 11 is 0. The van der Waals surface area contributed by atoms with E-state index >= 15 is 0 Å². The summed E-state index contributed by atoms with van der Waals surface area (Å²) < 4.78 is 0. The van der Waals surface area contributed by atoms with Gasteiger partial charge in [0.25, 0.3) is 0 Å². The Balaban J connectivity index is 3.25. The van der Waals surface area contributed by atoms with Gasteiger partial charge in [0, 0.05) is 12.6 Å². The molecule has 3 nitrogen and oxygen atoms in total. The lowest BCUT2D eigenvalue weighted by atomic mass is 10.1. The van der Waals surface area contributed by atoms with Crippen molar-refractivity contribution in [1.82, 2.24) is 0 Å². The van der Waals surface area contributed by atoms with Crippen molar-refractivity contribution in [3.05, 3.63) is 0 Å². The third kappa shape index (κ3) is 5.00. The van der Waals surface area contributed by atoms with E-state index in [-0.39, 0.29) is 0 Å². The van der Waals surface area contributed by atoms with Gasteiger partial charge in [-0.3, -0.25) is 0 Å². The van der Waals surface area contributed by atoms with Crippen LogP contribution in [0, 0.1) is 5.92 Å². The molecular weight excluding hydrogens is 118 g/mol. The summed E-state index contributed by atoms with van der Waals surface area (Å²) in [5.74, 6) is 0.290. The van der Waals surface area contributed by atoms with Crippen LogP contribution in [0.15, 0.2) is 5.16 Å². The van der Waals surface area contributed by atoms with E-state index in [0.29, 0.717) is 18.8 Å². The molecule has 0 saturated heterocycles. The second-order valence-electron chi connectivity index (χ2n) is 2.04. The number of rotatable bonds is 4. The van der Waals surface area contributed by atoms with Gasteiger partial charge in [0.1, 0.15) is 6.29 Å². The summed E-state index contributed by atoms with van der Waals surface area (Å²) in [5, 5.41) is 10.8. The molecule has 0 aliphatic rings. The van der Waals surface area contributed by atoms with E-state index in [2.05, 4.69) is 5.16 Å². The SMILES string of the molecule is CC(CC=O)CC=NO. The Bertz CT molecular complexity index is 101. The van der Waals surface area contributed by atoms with E-state index < -0.39 is 0 Å². The van der Waals surface area contributed by atoms with Gasteiger partial charge < -0.3 is 10.0 Å². The van der Waals surface area contributed by atoms with E-state index in [1.165, 1.54) is 6.21 Å². The van der Waals surface area contributed by atoms with E-state index in [4.69, 9.17) is 5.21 Å². The van der Waals surface area contributed by atoms with E-state index in [1.807, 2.05) is 6.92 Å². The van der Waals surface area contributed by atoms with Gasteiger partial charge in [-0.15, -0.1) is 5.16 Å². The molecule has 1 atom stereocenters. The zero-order chi connectivity index (χ0) is 7.11. The first-order chi connectivity index (χ1) is 4.31. The van der Waals surface area contributed by atoms with E-state index in [0.717, 1.165) is 6.29 Å². The van der Waals surface area contributed by atoms with E-state index in [9.17, 15) is 4.79 Å². The van der Waals surface area contributed by atoms with Gasteiger partial charge in [-0.25, -0.2) is 0 Å². The largest absolute Gasteiger partial charge is 0.411 e. The summed E-state index contributed by atoms with van der Waals surface area (Å²) in [6.45, 7) is 1.93. The van der Waals surface area contributed by atoms with Gasteiger partial charge in [0.05, 0.1) is 0 Å². The van der Waals surface area contributed by atoms with Crippen molar-refractivity contribution < 1.29 is 10.0 Å². The number of nitrogens with zero attached hydrogens (tertiary/aromatic N) is 1. The lowest BCUT2D eigenvalue weighted by molar-refractivity contribution is -0.108. The minimum absolute atomic E-state index is 0.290. The van der Waals surface area contributed by atoms with Crippen molar-refractivity contribution >= 4 is 12.5 Å². The van der Waals surface area contributed by atoms with Crippen LogP contribution in [0.2, 0.25) is 0 Å². The van der Waals surface area contributed by atoms with Crippen molar-refractivity contribution in [1.29, 1.82) is 0 Å². The molecule has 52 valence electrons. The summed E-state index contributed by atoms with van der Waals surface area (Å²) in [6.07, 6.45) is 3.46. The van der Waals surface area contributed by atoms with Crippen LogP contribution in [-0.2, 0) is 4.79 Å². The van der Waals surface area contributed by atoms with Gasteiger partial charge in [-0.05, 0) is 12.3 Å². The maximum absolute atomic E-state index is 9.87. The lowest BCUT2D eigenvalue weighted by Crippen LogP contribution is -1.95. The molecule has 9 heavy (non-hydrogen) atoms. The monoisotopic (exact) mass is 129 g/mol. The van der Waals surface area contributed by atoms with Crippen molar-refractivity contribution in [3.8, 4) is 0 Å². The van der Waals surface area contributed by atoms with Crippen molar-refractivity contribution in [2.24, 2.45) is 11.1 Å². The minimum Gasteiger partial charge on any atom is -0.411 e. The molecule has 0 fully saturated rings. The molecule has 0 aromatic heterocycles. The molecule has 0 amide bonds. The third-order valence-electron chi connectivity index (χ3n) is 1.09. The Morgan fingerprint density at radius 2 is 2.33 bits per heavy atom. The van der Waals surface area contributed by atoms with Crippen LogP contribution < -0.4 is 0 Å². The molecule has 3 heteroatoms. The fraction of sp³-hybridized carbons (Fsp3) is 0.667. The zero-order valence-electron chi connectivity index (χ0n) is 5.45. The highest BCUT2D eigenvalue weighted by molar-refractivity contribution is 5.58. The van der Waals surface area contributed by atoms with Crippen molar-refractivity contribution in [2.45, 2.75) is 19.8 Å². The summed E-state index contributed by atoms with van der Waals surface area (Å²) in [5.41, 5.74) is 0. The molecule has 0 aliphatic heterocycles. The molecule has 0 aliphatic carbocycles. The molecule has 0 heterocycles. The van der Waals surface area contributed by atoms with Crippen molar-refractivity contribution in [3.63, 3.8) is 0 Å². The lowest BCUT2D eigenvalue weighted by Gasteiger charge is -1.98. The first-order valence-electron chi connectivity index (χ1n) is 2.90. The maximum atomic E-state index is 9.87. The van der Waals surface area contributed by atoms with Gasteiger partial charge in [0.2, 0.25) is 0 Å². The second-order valence-corrected chi connectivity index (χ2v) is 2.04. The highest BCUT2D eigenvalue weighted by Crippen LogP contribution is 2.01. The fourth-order valence-corrected chi connectivity index (χ4v) is 0.488. The third-order valence-corrected chi connectivity index (χ3v) is 1.09. The molecular formula is C6H11NO2. The fourth-order valence-electron chi connectivity index (χ4n) is 0.488. The molecule has 0 radical (unpaired) electrons. The zero-order valence-corrected chi connectivity index (χ0v) is 5.45. The Hall–Kier alpha value is -0.860. The number of aldehydes is 1. The molecule has 0 aromatic carbocycles. The van der Waals surface area contributed by atoms with Crippen LogP contribution in [0.5, 0.6) is 0 Å². The van der Waals surface area contributed by atoms with Crippen molar-refractivity contribution in [2.75, 3.05) is 0 Å². The number of hydrogen-bond acceptors (Lipinski definition) is 3. The number of hydrogen-bond donors (Lipinski definition) is 1. The van der Waals surface area contributed by atoms with Crippen LogP contribution in [0.3, 0.4) is 0 Å². The average molecular weight is 129 g/mol. The van der Waals surface area contributed by atoms with Crippen LogP contribution in [-0.4, -0.2) is 17.7 Å². The first-order valence-corrected chi connectivity index (χ1v) is 2.90. The van der Waals surface area contributed by atoms with Crippen LogP contribution in [0.4, 0.5) is 0 Å². The van der Waals surface area contributed by atoms with E-state index in [1.54, 1.807) is 0 Å². The van der Waals surface area contributed by atoms with Gasteiger partial charge in [-0.1, -0.05) is 6.92 Å². The van der Waals surface area contributed by atoms with Gasteiger partial charge in [0.15, 0.2) is 0 Å². The standard InChI is InChI=1S/C6H11NO2/c1-6(3-5-8)2-4-7-9/h4-6,9H,2-3H2,1H3. The predicted molar refractivity (Wildman–Crippen MR) is 34.7 cm³/mol. The quantitative estimate of drug-likeness (QED) is 0.267. The second kappa shape index (κ2) is 5.28. The average Bonchev–Trinajstić information content (AvgIpc) is 1.85. The molecule has 0 aromatic rings. The van der Waals surface area contributed by atoms with Crippen LogP contribution in [0.1, 0.15) is 19.8 Å². The Labute approximate surface area is 54.4 Å². The molecule has 0 saturated carbocycles. The Morgan fingerprint density at radius 3 is 2.78 bits per heavy atom. The number of carbonyl (C=O) groups is 1. The number of oxime groups is 1. The maximum Gasteiger partial charge on any atom is 0.120 e. The smallest absolute Gasteiger partial charge is 0.120 e. The summed E-state index contributed by atoms with van der Waals surface area (Å²) in [7, 11) is 0. The first kappa shape index (κ1) is 8.14. The highest BCUT2D eigenvalue weighted by Gasteiger charge is 1.96.